The quantitative estimate of drug-likeness (QED) is 0.734. The Morgan fingerprint density at radius 3 is 2.79 bits per heavy atom. The number of thiazole rings is 1. The van der Waals surface area contributed by atoms with Gasteiger partial charge in [0.1, 0.15) is 11.6 Å². The molecule has 120 valence electrons. The maximum absolute atomic E-state index is 14.0. The smallest absolute Gasteiger partial charge is 0.328 e. The van der Waals surface area contributed by atoms with Crippen LogP contribution in [0.15, 0.2) is 47.8 Å². The first-order chi connectivity index (χ1) is 11.6. The molecule has 3 aromatic rings. The van der Waals surface area contributed by atoms with Gasteiger partial charge in [-0.05, 0) is 36.4 Å². The van der Waals surface area contributed by atoms with Crippen LogP contribution in [0.25, 0.3) is 11.3 Å². The number of fused-ring (bicyclic) bond motifs is 1. The standard InChI is InChI=1S/C17H12FN3O2S/c18-13-2-1-3-14-12(13)8-21(16(23)19-14)17-20-15(9-24-17)10-4-6-11(22)7-5-10/h1-7,9,22H,8H2,(H,19,23). The molecule has 2 N–H and O–H groups in total. The lowest BCUT2D eigenvalue weighted by atomic mass is 10.1. The Morgan fingerprint density at radius 1 is 1.21 bits per heavy atom. The predicted octanol–water partition coefficient (Wildman–Crippen LogP) is 4.21. The molecule has 0 saturated carbocycles. The van der Waals surface area contributed by atoms with Gasteiger partial charge in [0.05, 0.1) is 17.9 Å². The minimum absolute atomic E-state index is 0.135. The summed E-state index contributed by atoms with van der Waals surface area (Å²) in [5.41, 5.74) is 2.46. The summed E-state index contributed by atoms with van der Waals surface area (Å²) in [5.74, 6) is -0.176. The monoisotopic (exact) mass is 341 g/mol. The second kappa shape index (κ2) is 5.61. The minimum atomic E-state index is -0.354. The van der Waals surface area contributed by atoms with E-state index in [0.717, 1.165) is 5.56 Å². The highest BCUT2D eigenvalue weighted by atomic mass is 32.1. The third kappa shape index (κ3) is 2.48. The van der Waals surface area contributed by atoms with E-state index in [2.05, 4.69) is 10.3 Å². The predicted molar refractivity (Wildman–Crippen MR) is 90.8 cm³/mol. The summed E-state index contributed by atoms with van der Waals surface area (Å²) in [6, 6.07) is 10.9. The molecule has 0 atom stereocenters. The summed E-state index contributed by atoms with van der Waals surface area (Å²) in [7, 11) is 0. The van der Waals surface area contributed by atoms with Gasteiger partial charge >= 0.3 is 6.03 Å². The summed E-state index contributed by atoms with van der Waals surface area (Å²) in [5, 5.41) is 14.4. The summed E-state index contributed by atoms with van der Waals surface area (Å²) in [6.07, 6.45) is 0. The average Bonchev–Trinajstić information content (AvgIpc) is 3.05. The second-order valence-electron chi connectivity index (χ2n) is 5.34. The Labute approximate surface area is 141 Å². The number of halogens is 1. The number of hydrogen-bond acceptors (Lipinski definition) is 4. The zero-order chi connectivity index (χ0) is 16.7. The third-order valence-corrected chi connectivity index (χ3v) is 4.67. The molecule has 1 aromatic heterocycles. The fourth-order valence-electron chi connectivity index (χ4n) is 2.56. The molecule has 1 aliphatic heterocycles. The van der Waals surface area contributed by atoms with E-state index in [0.29, 0.717) is 22.1 Å². The number of aromatic nitrogens is 1. The van der Waals surface area contributed by atoms with Crippen molar-refractivity contribution in [3.8, 4) is 17.0 Å². The van der Waals surface area contributed by atoms with E-state index in [1.807, 2.05) is 5.38 Å². The van der Waals surface area contributed by atoms with Crippen LogP contribution in [0.3, 0.4) is 0 Å². The van der Waals surface area contributed by atoms with Gasteiger partial charge in [-0.1, -0.05) is 6.07 Å². The number of carbonyl (C=O) groups excluding carboxylic acids is 1. The number of hydrogen-bond donors (Lipinski definition) is 2. The number of anilines is 2. The lowest BCUT2D eigenvalue weighted by molar-refractivity contribution is 0.256. The summed E-state index contributed by atoms with van der Waals surface area (Å²) < 4.78 is 14.0. The fraction of sp³-hybridized carbons (Fsp3) is 0.0588. The minimum Gasteiger partial charge on any atom is -0.508 e. The van der Waals surface area contributed by atoms with Gasteiger partial charge in [-0.2, -0.15) is 0 Å². The van der Waals surface area contributed by atoms with E-state index in [4.69, 9.17) is 0 Å². The van der Waals surface area contributed by atoms with Crippen molar-refractivity contribution in [2.45, 2.75) is 6.54 Å². The molecule has 0 fully saturated rings. The largest absolute Gasteiger partial charge is 0.508 e. The first kappa shape index (κ1) is 14.6. The van der Waals surface area contributed by atoms with Crippen LogP contribution in [-0.2, 0) is 6.54 Å². The number of amides is 2. The van der Waals surface area contributed by atoms with E-state index in [1.54, 1.807) is 36.4 Å². The summed E-state index contributed by atoms with van der Waals surface area (Å²) in [4.78, 5) is 18.2. The van der Waals surface area contributed by atoms with Gasteiger partial charge in [-0.3, -0.25) is 4.90 Å². The molecule has 2 amide bonds. The summed E-state index contributed by atoms with van der Waals surface area (Å²) >= 11 is 1.31. The molecule has 2 heterocycles. The molecule has 1 aliphatic rings. The topological polar surface area (TPSA) is 65.5 Å². The second-order valence-corrected chi connectivity index (χ2v) is 6.18. The van der Waals surface area contributed by atoms with Gasteiger partial charge < -0.3 is 10.4 Å². The molecule has 4 rings (SSSR count). The highest BCUT2D eigenvalue weighted by molar-refractivity contribution is 7.14. The molecular formula is C17H12FN3O2S. The Hall–Kier alpha value is -2.93. The maximum Gasteiger partial charge on any atom is 0.328 e. The van der Waals surface area contributed by atoms with Gasteiger partial charge in [0.25, 0.3) is 0 Å². The number of rotatable bonds is 2. The van der Waals surface area contributed by atoms with Crippen LogP contribution in [0.4, 0.5) is 20.0 Å². The van der Waals surface area contributed by atoms with Crippen LogP contribution in [0, 0.1) is 5.82 Å². The summed E-state index contributed by atoms with van der Waals surface area (Å²) in [6.45, 7) is 0.135. The normalized spacial score (nSPS) is 13.5. The van der Waals surface area contributed by atoms with Crippen molar-refractivity contribution in [3.63, 3.8) is 0 Å². The van der Waals surface area contributed by atoms with Gasteiger partial charge in [-0.25, -0.2) is 14.2 Å². The van der Waals surface area contributed by atoms with E-state index in [-0.39, 0.29) is 24.1 Å². The van der Waals surface area contributed by atoms with Crippen LogP contribution < -0.4 is 10.2 Å². The highest BCUT2D eigenvalue weighted by Crippen LogP contribution is 2.33. The Morgan fingerprint density at radius 2 is 2.00 bits per heavy atom. The Balaban J connectivity index is 1.66. The molecular weight excluding hydrogens is 329 g/mol. The van der Waals surface area contributed by atoms with Crippen molar-refractivity contribution in [1.82, 2.24) is 4.98 Å². The van der Waals surface area contributed by atoms with Gasteiger partial charge in [-0.15, -0.1) is 11.3 Å². The van der Waals surface area contributed by atoms with E-state index in [1.165, 1.54) is 22.3 Å². The van der Waals surface area contributed by atoms with E-state index < -0.39 is 0 Å². The van der Waals surface area contributed by atoms with Crippen molar-refractivity contribution in [3.05, 3.63) is 59.2 Å². The third-order valence-electron chi connectivity index (χ3n) is 3.81. The Kier molecular flexibility index (Phi) is 3.42. The van der Waals surface area contributed by atoms with Crippen LogP contribution in [0.1, 0.15) is 5.56 Å². The number of nitrogens with one attached hydrogen (secondary N) is 1. The van der Waals surface area contributed by atoms with E-state index >= 15 is 0 Å². The number of benzene rings is 2. The number of aromatic hydroxyl groups is 1. The first-order valence-corrected chi connectivity index (χ1v) is 8.10. The number of phenols is 1. The molecule has 0 bridgehead atoms. The zero-order valence-corrected chi connectivity index (χ0v) is 13.2. The zero-order valence-electron chi connectivity index (χ0n) is 12.4. The van der Waals surface area contributed by atoms with Crippen LogP contribution in [0.2, 0.25) is 0 Å². The molecule has 0 radical (unpaired) electrons. The number of phenolic OH excluding ortho intramolecular Hbond substituents is 1. The average molecular weight is 341 g/mol. The Bertz CT molecular complexity index is 924. The van der Waals surface area contributed by atoms with Crippen molar-refractivity contribution >= 4 is 28.2 Å². The molecule has 0 unspecified atom stereocenters. The lowest BCUT2D eigenvalue weighted by Crippen LogP contribution is -2.39. The molecule has 0 spiro atoms. The number of nitrogens with zero attached hydrogens (tertiary/aromatic N) is 2. The van der Waals surface area contributed by atoms with Crippen molar-refractivity contribution < 1.29 is 14.3 Å². The molecule has 0 saturated heterocycles. The van der Waals surface area contributed by atoms with Crippen LogP contribution >= 0.6 is 11.3 Å². The SMILES string of the molecule is O=C1Nc2cccc(F)c2CN1c1nc(-c2ccc(O)cc2)cs1. The van der Waals surface area contributed by atoms with E-state index in [9.17, 15) is 14.3 Å². The highest BCUT2D eigenvalue weighted by Gasteiger charge is 2.28. The maximum atomic E-state index is 14.0. The molecule has 24 heavy (non-hydrogen) atoms. The van der Waals surface area contributed by atoms with Crippen LogP contribution in [-0.4, -0.2) is 16.1 Å². The molecule has 2 aromatic carbocycles. The molecule has 0 aliphatic carbocycles. The fourth-order valence-corrected chi connectivity index (χ4v) is 3.39. The van der Waals surface area contributed by atoms with Gasteiger partial charge in [0.15, 0.2) is 5.13 Å². The van der Waals surface area contributed by atoms with Crippen molar-refractivity contribution in [1.29, 1.82) is 0 Å². The number of urea groups is 1. The first-order valence-electron chi connectivity index (χ1n) is 7.22. The van der Waals surface area contributed by atoms with Crippen molar-refractivity contribution in [2.24, 2.45) is 0 Å². The molecule has 5 nitrogen and oxygen atoms in total. The lowest BCUT2D eigenvalue weighted by Gasteiger charge is -2.27. The van der Waals surface area contributed by atoms with Gasteiger partial charge in [0.2, 0.25) is 0 Å². The van der Waals surface area contributed by atoms with Gasteiger partial charge in [0, 0.05) is 16.5 Å². The number of carbonyl (C=O) groups is 1. The molecule has 7 heteroatoms. The van der Waals surface area contributed by atoms with Crippen LogP contribution in [0.5, 0.6) is 5.75 Å². The van der Waals surface area contributed by atoms with Crippen molar-refractivity contribution in [2.75, 3.05) is 10.2 Å².